The van der Waals surface area contributed by atoms with Gasteiger partial charge in [0.2, 0.25) is 0 Å². The van der Waals surface area contributed by atoms with E-state index in [-0.39, 0.29) is 41.3 Å². The average Bonchev–Trinajstić information content (AvgIpc) is 2.32. The van der Waals surface area contributed by atoms with Crippen molar-refractivity contribution < 1.29 is 29.6 Å². The number of Topliss-reactive ketones (excluding diaryl/α,β-unsaturated/α-hetero) is 1. The minimum absolute atomic E-state index is 0.0777. The number of phenols is 2. The number of aromatic hydroxyl groups is 2. The Balaban J connectivity index is 2.97. The number of ether oxygens (including phenoxy) is 1. The maximum Gasteiger partial charge on any atom is 0.332 e. The summed E-state index contributed by atoms with van der Waals surface area (Å²) >= 11 is 0. The molecular formula is C13H16O6. The van der Waals surface area contributed by atoms with Gasteiger partial charge in [-0.2, -0.15) is 0 Å². The van der Waals surface area contributed by atoms with Gasteiger partial charge in [-0.1, -0.05) is 0 Å². The van der Waals surface area contributed by atoms with E-state index < -0.39 is 12.1 Å². The lowest BCUT2D eigenvalue weighted by Crippen LogP contribution is -2.22. The number of hydrogen-bond acceptors (Lipinski definition) is 5. The number of phenolic OH excluding ortho intramolecular Hbond substituents is 2. The minimum Gasteiger partial charge on any atom is -0.508 e. The van der Waals surface area contributed by atoms with E-state index in [1.165, 1.54) is 26.2 Å². The van der Waals surface area contributed by atoms with Crippen LogP contribution in [0.4, 0.5) is 0 Å². The molecule has 1 rings (SSSR count). The molecule has 6 nitrogen and oxygen atoms in total. The predicted molar refractivity (Wildman–Crippen MR) is 66.5 cm³/mol. The fourth-order valence-electron chi connectivity index (χ4n) is 1.77. The summed E-state index contributed by atoms with van der Waals surface area (Å²) in [6.45, 7) is 1.30. The molecular weight excluding hydrogens is 252 g/mol. The molecule has 104 valence electrons. The standard InChI is InChI=1S/C13H16O6/c1-7(14)8-3-5-10(15)9(12(8)16)4-6-11(19-2)13(17)18/h3,5,11,15-16H,4,6H2,1-2H3,(H,17,18). The van der Waals surface area contributed by atoms with Crippen molar-refractivity contribution in [3.05, 3.63) is 23.3 Å². The summed E-state index contributed by atoms with van der Waals surface area (Å²) < 4.78 is 4.76. The maximum atomic E-state index is 11.3. The van der Waals surface area contributed by atoms with Crippen LogP contribution in [0.25, 0.3) is 0 Å². The molecule has 0 spiro atoms. The summed E-state index contributed by atoms with van der Waals surface area (Å²) in [5.74, 6) is -1.94. The Kier molecular flexibility index (Phi) is 4.88. The molecule has 1 atom stereocenters. The molecule has 0 bridgehead atoms. The zero-order chi connectivity index (χ0) is 14.6. The van der Waals surface area contributed by atoms with Gasteiger partial charge in [-0.3, -0.25) is 4.79 Å². The van der Waals surface area contributed by atoms with E-state index in [1.54, 1.807) is 0 Å². The monoisotopic (exact) mass is 268 g/mol. The van der Waals surface area contributed by atoms with Crippen molar-refractivity contribution in [1.29, 1.82) is 0 Å². The number of carbonyl (C=O) groups is 2. The van der Waals surface area contributed by atoms with E-state index in [0.29, 0.717) is 0 Å². The van der Waals surface area contributed by atoms with Gasteiger partial charge in [-0.05, 0) is 31.9 Å². The molecule has 1 aromatic carbocycles. The summed E-state index contributed by atoms with van der Waals surface area (Å²) in [7, 11) is 1.27. The van der Waals surface area contributed by atoms with Crippen LogP contribution in [0.15, 0.2) is 12.1 Å². The van der Waals surface area contributed by atoms with Gasteiger partial charge in [0.25, 0.3) is 0 Å². The SMILES string of the molecule is COC(CCc1c(O)ccc(C(C)=O)c1O)C(=O)O. The fraction of sp³-hybridized carbons (Fsp3) is 0.385. The first kappa shape index (κ1) is 15.0. The Morgan fingerprint density at radius 3 is 2.42 bits per heavy atom. The minimum atomic E-state index is -1.12. The quantitative estimate of drug-likeness (QED) is 0.672. The van der Waals surface area contributed by atoms with Crippen LogP contribution in [0, 0.1) is 0 Å². The van der Waals surface area contributed by atoms with Gasteiger partial charge < -0.3 is 20.1 Å². The van der Waals surface area contributed by atoms with Crippen LogP contribution in [0.2, 0.25) is 0 Å². The number of carbonyl (C=O) groups excluding carboxylic acids is 1. The highest BCUT2D eigenvalue weighted by atomic mass is 16.5. The first-order valence-electron chi connectivity index (χ1n) is 5.68. The maximum absolute atomic E-state index is 11.3. The number of carboxylic acid groups (broad SMARTS) is 1. The predicted octanol–water partition coefficient (Wildman–Crippen LogP) is 1.33. The summed E-state index contributed by atoms with van der Waals surface area (Å²) in [4.78, 5) is 22.1. The van der Waals surface area contributed by atoms with Crippen LogP contribution < -0.4 is 0 Å². The molecule has 0 amide bonds. The van der Waals surface area contributed by atoms with Crippen LogP contribution in [-0.4, -0.2) is 40.3 Å². The number of aliphatic carboxylic acids is 1. The van der Waals surface area contributed by atoms with Gasteiger partial charge in [-0.25, -0.2) is 4.79 Å². The van der Waals surface area contributed by atoms with E-state index in [4.69, 9.17) is 9.84 Å². The second-order valence-corrected chi connectivity index (χ2v) is 4.12. The second-order valence-electron chi connectivity index (χ2n) is 4.12. The lowest BCUT2D eigenvalue weighted by molar-refractivity contribution is -0.148. The molecule has 0 radical (unpaired) electrons. The van der Waals surface area contributed by atoms with Gasteiger partial charge >= 0.3 is 5.97 Å². The Morgan fingerprint density at radius 1 is 1.32 bits per heavy atom. The molecule has 0 fully saturated rings. The van der Waals surface area contributed by atoms with Crippen LogP contribution in [-0.2, 0) is 16.0 Å². The van der Waals surface area contributed by atoms with Crippen molar-refractivity contribution in [2.75, 3.05) is 7.11 Å². The third-order valence-corrected chi connectivity index (χ3v) is 2.85. The van der Waals surface area contributed by atoms with E-state index in [0.717, 1.165) is 0 Å². The molecule has 1 aromatic rings. The third kappa shape index (κ3) is 3.45. The van der Waals surface area contributed by atoms with E-state index in [9.17, 15) is 19.8 Å². The van der Waals surface area contributed by atoms with Crippen molar-refractivity contribution in [3.8, 4) is 11.5 Å². The zero-order valence-electron chi connectivity index (χ0n) is 10.7. The molecule has 1 unspecified atom stereocenters. The van der Waals surface area contributed by atoms with E-state index >= 15 is 0 Å². The molecule has 3 N–H and O–H groups in total. The largest absolute Gasteiger partial charge is 0.508 e. The highest BCUT2D eigenvalue weighted by Gasteiger charge is 2.20. The van der Waals surface area contributed by atoms with Crippen LogP contribution >= 0.6 is 0 Å². The van der Waals surface area contributed by atoms with E-state index in [1.807, 2.05) is 0 Å². The van der Waals surface area contributed by atoms with Crippen molar-refractivity contribution in [2.45, 2.75) is 25.9 Å². The number of rotatable bonds is 6. The Labute approximate surface area is 110 Å². The summed E-state index contributed by atoms with van der Waals surface area (Å²) in [5.41, 5.74) is 0.244. The first-order valence-corrected chi connectivity index (χ1v) is 5.68. The summed E-state index contributed by atoms with van der Waals surface area (Å²) in [6.07, 6.45) is -0.863. The highest BCUT2D eigenvalue weighted by Crippen LogP contribution is 2.32. The number of ketones is 1. The van der Waals surface area contributed by atoms with Crippen molar-refractivity contribution in [3.63, 3.8) is 0 Å². The molecule has 19 heavy (non-hydrogen) atoms. The topological polar surface area (TPSA) is 104 Å². The Morgan fingerprint density at radius 2 is 1.95 bits per heavy atom. The van der Waals surface area contributed by atoms with Crippen LogP contribution in [0.1, 0.15) is 29.3 Å². The van der Waals surface area contributed by atoms with Gasteiger partial charge in [0, 0.05) is 12.7 Å². The van der Waals surface area contributed by atoms with E-state index in [2.05, 4.69) is 0 Å². The van der Waals surface area contributed by atoms with Gasteiger partial charge in [0.05, 0.1) is 5.56 Å². The zero-order valence-corrected chi connectivity index (χ0v) is 10.7. The number of carboxylic acids is 1. The van der Waals surface area contributed by atoms with Crippen LogP contribution in [0.5, 0.6) is 11.5 Å². The molecule has 0 aliphatic rings. The molecule has 0 heterocycles. The molecule has 0 saturated carbocycles. The number of hydrogen-bond donors (Lipinski definition) is 3. The lowest BCUT2D eigenvalue weighted by atomic mass is 9.99. The second kappa shape index (κ2) is 6.19. The molecule has 0 saturated heterocycles. The van der Waals surface area contributed by atoms with Gasteiger partial charge in [0.1, 0.15) is 11.5 Å². The van der Waals surface area contributed by atoms with Crippen LogP contribution in [0.3, 0.4) is 0 Å². The average molecular weight is 268 g/mol. The van der Waals surface area contributed by atoms with Crippen molar-refractivity contribution in [1.82, 2.24) is 0 Å². The smallest absolute Gasteiger partial charge is 0.332 e. The van der Waals surface area contributed by atoms with Crippen molar-refractivity contribution >= 4 is 11.8 Å². The third-order valence-electron chi connectivity index (χ3n) is 2.85. The Bertz CT molecular complexity index is 494. The normalized spacial score (nSPS) is 12.1. The fourth-order valence-corrected chi connectivity index (χ4v) is 1.77. The number of benzene rings is 1. The molecule has 0 aromatic heterocycles. The van der Waals surface area contributed by atoms with Crippen molar-refractivity contribution in [2.24, 2.45) is 0 Å². The summed E-state index contributed by atoms with van der Waals surface area (Å²) in [5, 5.41) is 28.4. The number of methoxy groups -OCH3 is 1. The first-order chi connectivity index (χ1) is 8.88. The lowest BCUT2D eigenvalue weighted by Gasteiger charge is -2.13. The molecule has 0 aliphatic carbocycles. The Hall–Kier alpha value is -2.08. The van der Waals surface area contributed by atoms with Gasteiger partial charge in [0.15, 0.2) is 11.9 Å². The summed E-state index contributed by atoms with van der Waals surface area (Å²) in [6, 6.07) is 2.62. The van der Waals surface area contributed by atoms with Gasteiger partial charge in [-0.15, -0.1) is 0 Å². The highest BCUT2D eigenvalue weighted by molar-refractivity contribution is 5.97. The molecule has 0 aliphatic heterocycles. The molecule has 6 heteroatoms.